The molecule has 1 saturated heterocycles. The van der Waals surface area contributed by atoms with E-state index in [0.29, 0.717) is 6.42 Å². The van der Waals surface area contributed by atoms with Crippen LogP contribution in [0.3, 0.4) is 0 Å². The van der Waals surface area contributed by atoms with Crippen LogP contribution in [0.5, 0.6) is 0 Å². The van der Waals surface area contributed by atoms with Crippen molar-refractivity contribution in [3.05, 3.63) is 106 Å². The Morgan fingerprint density at radius 1 is 0.848 bits per heavy atom. The van der Waals surface area contributed by atoms with Crippen molar-refractivity contribution in [3.8, 4) is 0 Å². The number of hydrogen-bond donors (Lipinski definition) is 1. The summed E-state index contributed by atoms with van der Waals surface area (Å²) in [6.07, 6.45) is 0.403. The van der Waals surface area contributed by atoms with Crippen molar-refractivity contribution in [1.29, 1.82) is 0 Å². The second kappa shape index (κ2) is 8.51. The van der Waals surface area contributed by atoms with E-state index in [1.54, 1.807) is 0 Å². The summed E-state index contributed by atoms with van der Waals surface area (Å²) in [6, 6.07) is 23.4. The maximum Gasteiger partial charge on any atom is 0.325 e. The molecule has 0 radical (unpaired) electrons. The number of hydrogen-bond acceptors (Lipinski definition) is 2. The van der Waals surface area contributed by atoms with E-state index in [1.165, 1.54) is 10.5 Å². The largest absolute Gasteiger partial charge is 0.325 e. The lowest BCUT2D eigenvalue weighted by molar-refractivity contribution is -0.132. The van der Waals surface area contributed by atoms with Gasteiger partial charge in [0.25, 0.3) is 5.91 Å². The highest BCUT2D eigenvalue weighted by Gasteiger charge is 2.52. The lowest BCUT2D eigenvalue weighted by Gasteiger charge is -2.28. The molecule has 0 aliphatic carbocycles. The van der Waals surface area contributed by atoms with Gasteiger partial charge in [0.05, 0.1) is 6.54 Å². The van der Waals surface area contributed by atoms with Crippen molar-refractivity contribution >= 4 is 11.9 Å². The summed E-state index contributed by atoms with van der Waals surface area (Å²) in [6.45, 7) is 11.0. The van der Waals surface area contributed by atoms with Gasteiger partial charge in [0.1, 0.15) is 0 Å². The van der Waals surface area contributed by atoms with Gasteiger partial charge in [-0.05, 0) is 52.6 Å². The molecular weight excluding hydrogens is 408 g/mol. The first-order chi connectivity index (χ1) is 15.6. The fraction of sp³-hybridized carbons (Fsp3) is 0.310. The molecule has 0 saturated carbocycles. The third-order valence-corrected chi connectivity index (χ3v) is 6.63. The number of nitrogens with one attached hydrogen (secondary N) is 1. The fourth-order valence-electron chi connectivity index (χ4n) is 4.65. The molecule has 1 unspecified atom stereocenters. The zero-order valence-electron chi connectivity index (χ0n) is 20.1. The first-order valence-electron chi connectivity index (χ1n) is 11.5. The van der Waals surface area contributed by atoms with Crippen molar-refractivity contribution in [2.75, 3.05) is 0 Å². The molecule has 33 heavy (non-hydrogen) atoms. The molecule has 1 aliphatic heterocycles. The van der Waals surface area contributed by atoms with E-state index in [9.17, 15) is 9.59 Å². The topological polar surface area (TPSA) is 49.4 Å². The summed E-state index contributed by atoms with van der Waals surface area (Å²) in [5.74, 6) is -0.207. The fourth-order valence-corrected chi connectivity index (χ4v) is 4.65. The number of rotatable bonds is 5. The van der Waals surface area contributed by atoms with Crippen LogP contribution in [0.2, 0.25) is 0 Å². The predicted molar refractivity (Wildman–Crippen MR) is 132 cm³/mol. The van der Waals surface area contributed by atoms with Crippen molar-refractivity contribution in [3.63, 3.8) is 0 Å². The number of carbonyl (C=O) groups excluding carboxylic acids is 2. The van der Waals surface area contributed by atoms with Gasteiger partial charge in [-0.25, -0.2) is 4.79 Å². The summed E-state index contributed by atoms with van der Waals surface area (Å²) in [5.41, 5.74) is 5.18. The van der Waals surface area contributed by atoms with Gasteiger partial charge < -0.3 is 5.32 Å². The van der Waals surface area contributed by atoms with Gasteiger partial charge in [-0.15, -0.1) is 0 Å². The van der Waals surface area contributed by atoms with E-state index in [2.05, 4.69) is 52.1 Å². The minimum Gasteiger partial charge on any atom is -0.319 e. The number of imide groups is 1. The molecule has 1 aliphatic rings. The molecule has 1 atom stereocenters. The van der Waals surface area contributed by atoms with Gasteiger partial charge in [-0.2, -0.15) is 0 Å². The van der Waals surface area contributed by atoms with Crippen molar-refractivity contribution < 1.29 is 9.59 Å². The standard InChI is InChI=1S/C29H32N2O2/c1-20-16-24(28(3,4)5)17-21(2)25(20)19-31-26(32)29(30-27(31)33,23-14-10-7-11-15-23)18-22-12-8-6-9-13-22/h6-17H,18-19H2,1-5H3,(H,30,33). The Kier molecular flexibility index (Phi) is 5.87. The van der Waals surface area contributed by atoms with E-state index in [0.717, 1.165) is 27.8 Å². The highest BCUT2D eigenvalue weighted by Crippen LogP contribution is 2.35. The van der Waals surface area contributed by atoms with Crippen LogP contribution in [0, 0.1) is 13.8 Å². The minimum absolute atomic E-state index is 0.0348. The van der Waals surface area contributed by atoms with Crippen molar-refractivity contribution in [1.82, 2.24) is 10.2 Å². The van der Waals surface area contributed by atoms with Gasteiger partial charge >= 0.3 is 6.03 Å². The van der Waals surface area contributed by atoms with Crippen molar-refractivity contribution in [2.45, 2.75) is 58.5 Å². The second-order valence-electron chi connectivity index (χ2n) is 10.1. The Labute approximate surface area is 196 Å². The average Bonchev–Trinajstić information content (AvgIpc) is 3.01. The minimum atomic E-state index is -1.12. The van der Waals surface area contributed by atoms with Crippen LogP contribution in [-0.4, -0.2) is 16.8 Å². The van der Waals surface area contributed by atoms with E-state index < -0.39 is 5.54 Å². The van der Waals surface area contributed by atoms with Crippen molar-refractivity contribution in [2.24, 2.45) is 0 Å². The Morgan fingerprint density at radius 2 is 1.39 bits per heavy atom. The summed E-state index contributed by atoms with van der Waals surface area (Å²) in [7, 11) is 0. The first-order valence-corrected chi connectivity index (χ1v) is 11.5. The van der Waals surface area contributed by atoms with Gasteiger partial charge in [-0.3, -0.25) is 9.69 Å². The summed E-state index contributed by atoms with van der Waals surface area (Å²) >= 11 is 0. The number of nitrogens with zero attached hydrogens (tertiary/aromatic N) is 1. The van der Waals surface area contributed by atoms with E-state index in [1.807, 2.05) is 60.7 Å². The van der Waals surface area contributed by atoms with Crippen LogP contribution in [-0.2, 0) is 28.7 Å². The number of aryl methyl sites for hydroxylation is 2. The highest BCUT2D eigenvalue weighted by molar-refractivity contribution is 6.07. The molecule has 0 bridgehead atoms. The molecule has 0 aromatic heterocycles. The molecular formula is C29H32N2O2. The van der Waals surface area contributed by atoms with Crippen LogP contribution < -0.4 is 5.32 Å². The third-order valence-electron chi connectivity index (χ3n) is 6.63. The lowest BCUT2D eigenvalue weighted by Crippen LogP contribution is -2.46. The molecule has 3 amide bonds. The molecule has 3 aromatic rings. The summed E-state index contributed by atoms with van der Waals surface area (Å²) in [4.78, 5) is 28.5. The molecule has 1 N–H and O–H groups in total. The molecule has 0 spiro atoms. The van der Waals surface area contributed by atoms with Crippen LogP contribution in [0.1, 0.15) is 54.2 Å². The van der Waals surface area contributed by atoms with Crippen LogP contribution >= 0.6 is 0 Å². The molecule has 4 nitrogen and oxygen atoms in total. The highest BCUT2D eigenvalue weighted by atomic mass is 16.2. The third kappa shape index (κ3) is 4.30. The Balaban J connectivity index is 1.72. The SMILES string of the molecule is Cc1cc(C(C)(C)C)cc(C)c1CN1C(=O)NC(Cc2ccccc2)(c2ccccc2)C1=O. The maximum atomic E-state index is 13.9. The zero-order valence-corrected chi connectivity index (χ0v) is 20.1. The quantitative estimate of drug-likeness (QED) is 0.511. The summed E-state index contributed by atoms with van der Waals surface area (Å²) < 4.78 is 0. The maximum absolute atomic E-state index is 13.9. The van der Waals surface area contributed by atoms with Crippen LogP contribution in [0.25, 0.3) is 0 Å². The normalized spacial score (nSPS) is 18.5. The van der Waals surface area contributed by atoms with Gasteiger partial charge in [0.15, 0.2) is 5.54 Å². The first kappa shape index (κ1) is 22.8. The smallest absolute Gasteiger partial charge is 0.319 e. The van der Waals surface area contributed by atoms with Gasteiger partial charge in [0, 0.05) is 6.42 Å². The monoisotopic (exact) mass is 440 g/mol. The number of amides is 3. The average molecular weight is 441 g/mol. The Morgan fingerprint density at radius 3 is 1.94 bits per heavy atom. The Hall–Kier alpha value is -3.40. The number of urea groups is 1. The van der Waals surface area contributed by atoms with Gasteiger partial charge in [0.2, 0.25) is 0 Å². The molecule has 4 heteroatoms. The van der Waals surface area contributed by atoms with Crippen LogP contribution in [0.4, 0.5) is 4.79 Å². The molecule has 1 heterocycles. The number of carbonyl (C=O) groups is 2. The van der Waals surface area contributed by atoms with E-state index in [4.69, 9.17) is 0 Å². The van der Waals surface area contributed by atoms with E-state index in [-0.39, 0.29) is 23.9 Å². The van der Waals surface area contributed by atoms with Gasteiger partial charge in [-0.1, -0.05) is 93.6 Å². The predicted octanol–water partition coefficient (Wildman–Crippen LogP) is 5.79. The number of benzene rings is 3. The molecule has 4 rings (SSSR count). The van der Waals surface area contributed by atoms with Crippen LogP contribution in [0.15, 0.2) is 72.8 Å². The lowest BCUT2D eigenvalue weighted by atomic mass is 9.83. The molecule has 1 fully saturated rings. The second-order valence-corrected chi connectivity index (χ2v) is 10.1. The molecule has 3 aromatic carbocycles. The van der Waals surface area contributed by atoms with E-state index >= 15 is 0 Å². The summed E-state index contributed by atoms with van der Waals surface area (Å²) in [5, 5.41) is 3.06. The molecule has 170 valence electrons. The zero-order chi connectivity index (χ0) is 23.8. The Bertz CT molecular complexity index is 1160.